The monoisotopic (exact) mass is 377 g/mol. The van der Waals surface area contributed by atoms with Crippen molar-refractivity contribution >= 4 is 5.91 Å². The highest BCUT2D eigenvalue weighted by Crippen LogP contribution is 2.64. The molecule has 1 N–H and O–H groups in total. The van der Waals surface area contributed by atoms with E-state index in [0.717, 1.165) is 19.3 Å². The zero-order chi connectivity index (χ0) is 19.6. The standard InChI is InChI=1S/C20H25F2N3O2/c1-19(2)14-7-8-20(19,15-9-11(27-4)5-6-12(14)15)23-18(26)13-10-25(3)24-16(13)17(21)22/h5-6,10-11,14,17H,7-9H2,1-4H3,(H,23,26)/t11-,14?,20?/m1/s1. The summed E-state index contributed by atoms with van der Waals surface area (Å²) in [6.45, 7) is 4.33. The molecule has 1 saturated carbocycles. The van der Waals surface area contributed by atoms with Gasteiger partial charge in [-0.3, -0.25) is 9.48 Å². The van der Waals surface area contributed by atoms with Crippen LogP contribution in [0.4, 0.5) is 8.78 Å². The smallest absolute Gasteiger partial charge is 0.282 e. The molecule has 3 aliphatic carbocycles. The number of hydrogen-bond donors (Lipinski definition) is 1. The van der Waals surface area contributed by atoms with Crippen LogP contribution in [0.5, 0.6) is 0 Å². The minimum atomic E-state index is -2.79. The van der Waals surface area contributed by atoms with Crippen LogP contribution < -0.4 is 5.32 Å². The minimum Gasteiger partial charge on any atom is -0.377 e. The fraction of sp³-hybridized carbons (Fsp3) is 0.600. The summed E-state index contributed by atoms with van der Waals surface area (Å²) in [6, 6.07) is 0. The van der Waals surface area contributed by atoms with Crippen molar-refractivity contribution in [1.82, 2.24) is 15.1 Å². The van der Waals surface area contributed by atoms with E-state index in [0.29, 0.717) is 5.92 Å². The Balaban J connectivity index is 1.73. The van der Waals surface area contributed by atoms with Gasteiger partial charge in [-0.1, -0.05) is 26.0 Å². The Morgan fingerprint density at radius 1 is 1.44 bits per heavy atom. The van der Waals surface area contributed by atoms with Gasteiger partial charge in [0.15, 0.2) is 0 Å². The topological polar surface area (TPSA) is 56.1 Å². The predicted octanol–water partition coefficient (Wildman–Crippen LogP) is 3.55. The van der Waals surface area contributed by atoms with Gasteiger partial charge in [-0.2, -0.15) is 5.10 Å². The van der Waals surface area contributed by atoms with E-state index in [1.807, 2.05) is 0 Å². The lowest BCUT2D eigenvalue weighted by atomic mass is 9.71. The number of carbonyl (C=O) groups excluding carboxylic acids is 1. The molecule has 1 amide bonds. The Bertz CT molecular complexity index is 855. The summed E-state index contributed by atoms with van der Waals surface area (Å²) in [5, 5.41) is 6.94. The molecule has 1 heterocycles. The maximum Gasteiger partial charge on any atom is 0.282 e. The predicted molar refractivity (Wildman–Crippen MR) is 96.4 cm³/mol. The molecular formula is C20H25F2N3O2. The van der Waals surface area contributed by atoms with Gasteiger partial charge >= 0.3 is 0 Å². The molecule has 1 fully saturated rings. The number of amides is 1. The molecule has 2 unspecified atom stereocenters. The molecule has 0 aromatic carbocycles. The lowest BCUT2D eigenvalue weighted by Crippen LogP contribution is -2.55. The van der Waals surface area contributed by atoms with Gasteiger partial charge in [-0.15, -0.1) is 0 Å². The van der Waals surface area contributed by atoms with Crippen molar-refractivity contribution in [2.75, 3.05) is 7.11 Å². The summed E-state index contributed by atoms with van der Waals surface area (Å²) in [5.74, 6) is -0.130. The number of ether oxygens (including phenoxy) is 1. The molecule has 0 radical (unpaired) electrons. The van der Waals surface area contributed by atoms with Crippen molar-refractivity contribution in [3.63, 3.8) is 0 Å². The molecule has 3 atom stereocenters. The van der Waals surface area contributed by atoms with Gasteiger partial charge in [0.2, 0.25) is 0 Å². The van der Waals surface area contributed by atoms with Crippen LogP contribution in [0.15, 0.2) is 29.5 Å². The molecule has 7 heteroatoms. The maximum absolute atomic E-state index is 13.3. The number of fused-ring (bicyclic) bond motifs is 4. The molecule has 4 rings (SSSR count). The van der Waals surface area contributed by atoms with Crippen LogP contribution in [0.1, 0.15) is 55.6 Å². The van der Waals surface area contributed by atoms with Gasteiger partial charge in [0, 0.05) is 26.8 Å². The number of allylic oxidation sites excluding steroid dienone is 2. The Morgan fingerprint density at radius 3 is 2.85 bits per heavy atom. The summed E-state index contributed by atoms with van der Waals surface area (Å²) in [5.41, 5.74) is 1.22. The second-order valence-corrected chi connectivity index (χ2v) is 8.35. The van der Waals surface area contributed by atoms with E-state index >= 15 is 0 Å². The number of nitrogens with zero attached hydrogens (tertiary/aromatic N) is 2. The van der Waals surface area contributed by atoms with Crippen LogP contribution in [0.2, 0.25) is 0 Å². The van der Waals surface area contributed by atoms with Crippen molar-refractivity contribution in [1.29, 1.82) is 0 Å². The summed E-state index contributed by atoms with van der Waals surface area (Å²) in [4.78, 5) is 13.1. The number of alkyl halides is 2. The van der Waals surface area contributed by atoms with Crippen LogP contribution >= 0.6 is 0 Å². The van der Waals surface area contributed by atoms with E-state index in [-0.39, 0.29) is 17.1 Å². The van der Waals surface area contributed by atoms with E-state index in [4.69, 9.17) is 4.74 Å². The molecule has 3 aliphatic rings. The van der Waals surface area contributed by atoms with Crippen molar-refractivity contribution in [3.05, 3.63) is 40.8 Å². The molecule has 1 aromatic heterocycles. The van der Waals surface area contributed by atoms with Gasteiger partial charge in [0.25, 0.3) is 12.3 Å². The van der Waals surface area contributed by atoms with E-state index in [2.05, 4.69) is 36.4 Å². The summed E-state index contributed by atoms with van der Waals surface area (Å²) < 4.78 is 33.4. The Hall–Kier alpha value is -2.02. The highest BCUT2D eigenvalue weighted by Gasteiger charge is 2.63. The Kier molecular flexibility index (Phi) is 4.07. The third kappa shape index (κ3) is 2.43. The summed E-state index contributed by atoms with van der Waals surface area (Å²) in [7, 11) is 3.22. The first-order valence-electron chi connectivity index (χ1n) is 9.30. The van der Waals surface area contributed by atoms with Crippen LogP contribution in [0.25, 0.3) is 0 Å². The third-order valence-electron chi connectivity index (χ3n) is 6.85. The van der Waals surface area contributed by atoms with Crippen molar-refractivity contribution < 1.29 is 18.3 Å². The third-order valence-corrected chi connectivity index (χ3v) is 6.85. The Labute approximate surface area is 157 Å². The molecule has 5 nitrogen and oxygen atoms in total. The van der Waals surface area contributed by atoms with E-state index in [9.17, 15) is 13.6 Å². The first-order chi connectivity index (χ1) is 12.7. The zero-order valence-electron chi connectivity index (χ0n) is 16.1. The Morgan fingerprint density at radius 2 is 2.19 bits per heavy atom. The number of aromatic nitrogens is 2. The van der Waals surface area contributed by atoms with Gasteiger partial charge in [0.05, 0.1) is 17.2 Å². The van der Waals surface area contributed by atoms with Gasteiger partial charge in [0.1, 0.15) is 5.69 Å². The zero-order valence-corrected chi connectivity index (χ0v) is 16.1. The average Bonchev–Trinajstić information content (AvgIpc) is 3.19. The fourth-order valence-electron chi connectivity index (χ4n) is 5.43. The van der Waals surface area contributed by atoms with E-state index in [1.54, 1.807) is 14.2 Å². The highest BCUT2D eigenvalue weighted by atomic mass is 19.3. The minimum absolute atomic E-state index is 0.0253. The first-order valence-corrected chi connectivity index (χ1v) is 9.30. The van der Waals surface area contributed by atoms with Crippen molar-refractivity contribution in [3.8, 4) is 0 Å². The van der Waals surface area contributed by atoms with Crippen LogP contribution in [-0.4, -0.2) is 34.4 Å². The SMILES string of the molecule is CO[C@@H]1C=CC2=C(C1)C1(NC(=O)c3cn(C)nc3C(F)F)CCC2C1(C)C. The second-order valence-electron chi connectivity index (χ2n) is 8.35. The first kappa shape index (κ1) is 18.3. The molecular weight excluding hydrogens is 352 g/mol. The molecule has 0 spiro atoms. The molecule has 2 bridgehead atoms. The molecule has 1 aromatic rings. The van der Waals surface area contributed by atoms with Crippen molar-refractivity contribution in [2.45, 2.75) is 51.2 Å². The van der Waals surface area contributed by atoms with Crippen LogP contribution in [0.3, 0.4) is 0 Å². The lowest BCUT2D eigenvalue weighted by molar-refractivity contribution is 0.0817. The molecule has 146 valence electrons. The molecule has 0 aliphatic heterocycles. The number of rotatable bonds is 4. The average molecular weight is 377 g/mol. The number of aryl methyl sites for hydroxylation is 1. The van der Waals surface area contributed by atoms with E-state index < -0.39 is 23.6 Å². The number of hydrogen-bond acceptors (Lipinski definition) is 3. The maximum atomic E-state index is 13.3. The number of halogens is 2. The normalized spacial score (nSPS) is 30.9. The number of carbonyl (C=O) groups is 1. The number of nitrogens with one attached hydrogen (secondary N) is 1. The van der Waals surface area contributed by atoms with Gasteiger partial charge in [-0.25, -0.2) is 8.78 Å². The lowest BCUT2D eigenvalue weighted by Gasteiger charge is -2.42. The highest BCUT2D eigenvalue weighted by molar-refractivity contribution is 5.96. The molecule has 0 saturated heterocycles. The number of methoxy groups -OCH3 is 1. The largest absolute Gasteiger partial charge is 0.377 e. The van der Waals surface area contributed by atoms with Gasteiger partial charge < -0.3 is 10.1 Å². The molecule has 27 heavy (non-hydrogen) atoms. The van der Waals surface area contributed by atoms with Crippen LogP contribution in [-0.2, 0) is 11.8 Å². The summed E-state index contributed by atoms with van der Waals surface area (Å²) >= 11 is 0. The fourth-order valence-corrected chi connectivity index (χ4v) is 5.43. The van der Waals surface area contributed by atoms with Gasteiger partial charge in [-0.05, 0) is 35.3 Å². The van der Waals surface area contributed by atoms with E-state index in [1.165, 1.54) is 22.0 Å². The summed E-state index contributed by atoms with van der Waals surface area (Å²) in [6.07, 6.45) is 5.26. The van der Waals surface area contributed by atoms with Crippen molar-refractivity contribution in [2.24, 2.45) is 18.4 Å². The quantitative estimate of drug-likeness (QED) is 0.873. The second kappa shape index (κ2) is 5.99. The van der Waals surface area contributed by atoms with Crippen LogP contribution in [0, 0.1) is 11.3 Å².